The third kappa shape index (κ3) is 7.94. The van der Waals surface area contributed by atoms with Gasteiger partial charge in [0.15, 0.2) is 23.3 Å². The molecule has 0 heterocycles. The molecule has 0 aliphatic heterocycles. The van der Waals surface area contributed by atoms with Gasteiger partial charge in [-0.15, -0.1) is 4.33 Å². The van der Waals surface area contributed by atoms with Crippen molar-refractivity contribution in [1.82, 2.24) is 0 Å². The van der Waals surface area contributed by atoms with Crippen LogP contribution in [-0.4, -0.2) is 16.8 Å². The summed E-state index contributed by atoms with van der Waals surface area (Å²) in [6.45, 7) is 5.36. The van der Waals surface area contributed by atoms with Crippen molar-refractivity contribution in [2.75, 3.05) is 0 Å². The van der Waals surface area contributed by atoms with Gasteiger partial charge in [-0.1, -0.05) is 24.3 Å². The molecule has 0 saturated heterocycles. The molecule has 10 heteroatoms. The summed E-state index contributed by atoms with van der Waals surface area (Å²) in [5.41, 5.74) is -1.21. The Morgan fingerprint density at radius 1 is 0.929 bits per heavy atom. The van der Waals surface area contributed by atoms with Crippen LogP contribution in [0.25, 0.3) is 0 Å². The number of benzene rings is 1. The Hall–Kier alpha value is -1.36. The Kier molecular flexibility index (Phi) is 10.2. The molecule has 0 saturated carbocycles. The molecule has 0 aliphatic carbocycles. The molecule has 0 radical (unpaired) electrons. The Balaban J connectivity index is 2.44. The van der Waals surface area contributed by atoms with Crippen LogP contribution in [0.2, 0.25) is 0 Å². The van der Waals surface area contributed by atoms with E-state index in [1.165, 1.54) is 0 Å². The van der Waals surface area contributed by atoms with Crippen molar-refractivity contribution in [3.63, 3.8) is 0 Å². The molecule has 1 N–H and O–H groups in total. The lowest BCUT2D eigenvalue weighted by atomic mass is 10.0. The summed E-state index contributed by atoms with van der Waals surface area (Å²) in [5, 5.41) is 11.2. The summed E-state index contributed by atoms with van der Waals surface area (Å²) in [4.78, 5) is 10.5. The number of carbonyl (C=O) groups excluding carboxylic acids is 1. The van der Waals surface area contributed by atoms with Crippen LogP contribution in [0.5, 0.6) is 0 Å². The van der Waals surface area contributed by atoms with E-state index in [2.05, 4.69) is 9.37 Å². The molecule has 0 amide bonds. The summed E-state index contributed by atoms with van der Waals surface area (Å²) in [6.07, 6.45) is 3.05. The number of carbonyl (C=O) groups is 1. The lowest BCUT2D eigenvalue weighted by Gasteiger charge is -2.19. The molecule has 28 heavy (non-hydrogen) atoms. The number of esters is 1. The number of hydrogen-bond donors (Lipinski definition) is 1. The standard InChI is InChI=1S/C18H24F4O5S/c1-18(2,3)25-12(23)10-8-6-4-5-7-9-11-13(19)15(21)17(28-27-26-24)16(22)14(11)20/h24H,4-10H2,1-3H3. The Bertz CT molecular complexity index is 635. The Morgan fingerprint density at radius 2 is 1.46 bits per heavy atom. The van der Waals surface area contributed by atoms with Gasteiger partial charge >= 0.3 is 5.97 Å². The topological polar surface area (TPSA) is 65.0 Å². The minimum Gasteiger partial charge on any atom is -0.460 e. The summed E-state index contributed by atoms with van der Waals surface area (Å²) >= 11 is -0.186. The normalized spacial score (nSPS) is 11.7. The first-order valence-electron chi connectivity index (χ1n) is 8.80. The van der Waals surface area contributed by atoms with Crippen molar-refractivity contribution in [2.45, 2.75) is 76.2 Å². The largest absolute Gasteiger partial charge is 0.460 e. The van der Waals surface area contributed by atoms with E-state index >= 15 is 0 Å². The van der Waals surface area contributed by atoms with Crippen molar-refractivity contribution in [3.05, 3.63) is 28.8 Å². The van der Waals surface area contributed by atoms with Gasteiger partial charge in [0.05, 0.1) is 12.0 Å². The molecule has 0 aliphatic rings. The van der Waals surface area contributed by atoms with E-state index in [1.54, 1.807) is 20.8 Å². The lowest BCUT2D eigenvalue weighted by Crippen LogP contribution is -2.23. The quantitative estimate of drug-likeness (QED) is 0.0901. The number of rotatable bonds is 11. The van der Waals surface area contributed by atoms with Gasteiger partial charge in [0.25, 0.3) is 0 Å². The average molecular weight is 428 g/mol. The van der Waals surface area contributed by atoms with E-state index in [-0.39, 0.29) is 30.9 Å². The van der Waals surface area contributed by atoms with Crippen LogP contribution in [0.1, 0.15) is 64.9 Å². The maximum absolute atomic E-state index is 14.0. The highest BCUT2D eigenvalue weighted by Crippen LogP contribution is 2.32. The van der Waals surface area contributed by atoms with E-state index in [0.29, 0.717) is 25.7 Å². The summed E-state index contributed by atoms with van der Waals surface area (Å²) in [7, 11) is 0. The molecule has 0 unspecified atom stereocenters. The van der Waals surface area contributed by atoms with E-state index in [4.69, 9.17) is 9.99 Å². The van der Waals surface area contributed by atoms with Crippen molar-refractivity contribution in [1.29, 1.82) is 0 Å². The van der Waals surface area contributed by atoms with Crippen molar-refractivity contribution in [3.8, 4) is 0 Å². The summed E-state index contributed by atoms with van der Waals surface area (Å²) in [5.74, 6) is -6.53. The van der Waals surface area contributed by atoms with E-state index in [0.717, 1.165) is 6.42 Å². The minimum absolute atomic E-state index is 0.181. The third-order valence-corrected chi connectivity index (χ3v) is 4.34. The molecular weight excluding hydrogens is 404 g/mol. The zero-order valence-electron chi connectivity index (χ0n) is 16.0. The molecular formula is C18H24F4O5S. The number of hydrogen-bond acceptors (Lipinski definition) is 6. The monoisotopic (exact) mass is 428 g/mol. The van der Waals surface area contributed by atoms with E-state index in [1.807, 2.05) is 0 Å². The molecule has 0 aromatic heterocycles. The maximum Gasteiger partial charge on any atom is 0.306 e. The smallest absolute Gasteiger partial charge is 0.306 e. The van der Waals surface area contributed by atoms with Gasteiger partial charge in [0.1, 0.15) is 10.5 Å². The zero-order valence-corrected chi connectivity index (χ0v) is 16.8. The predicted molar refractivity (Wildman–Crippen MR) is 94.2 cm³/mol. The molecule has 1 aromatic rings. The summed E-state index contributed by atoms with van der Waals surface area (Å²) < 4.78 is 64.6. The fourth-order valence-corrected chi connectivity index (χ4v) is 2.92. The second kappa shape index (κ2) is 11.6. The average Bonchev–Trinajstić information content (AvgIpc) is 2.60. The number of halogens is 4. The van der Waals surface area contributed by atoms with Crippen molar-refractivity contribution >= 4 is 18.0 Å². The highest BCUT2D eigenvalue weighted by molar-refractivity contribution is 7.94. The number of ether oxygens (including phenoxy) is 1. The van der Waals surface area contributed by atoms with E-state index in [9.17, 15) is 22.4 Å². The van der Waals surface area contributed by atoms with Gasteiger partial charge in [-0.25, -0.2) is 22.8 Å². The minimum atomic E-state index is -1.62. The van der Waals surface area contributed by atoms with Crippen LogP contribution in [0.15, 0.2) is 4.90 Å². The second-order valence-corrected chi connectivity index (χ2v) is 7.85. The highest BCUT2D eigenvalue weighted by Gasteiger charge is 2.26. The van der Waals surface area contributed by atoms with Crippen LogP contribution in [0.4, 0.5) is 17.6 Å². The molecule has 0 fully saturated rings. The molecule has 1 aromatic carbocycles. The molecule has 0 spiro atoms. The fourth-order valence-electron chi connectivity index (χ4n) is 2.49. The third-order valence-electron chi connectivity index (χ3n) is 3.69. The molecule has 1 rings (SSSR count). The predicted octanol–water partition coefficient (Wildman–Crippen LogP) is 5.90. The molecule has 0 atom stereocenters. The first-order chi connectivity index (χ1) is 13.1. The van der Waals surface area contributed by atoms with Gasteiger partial charge in [-0.3, -0.25) is 4.79 Å². The van der Waals surface area contributed by atoms with Gasteiger partial charge in [-0.05, 0) is 40.0 Å². The van der Waals surface area contributed by atoms with Gasteiger partial charge in [0, 0.05) is 12.0 Å². The SMILES string of the molecule is CC(C)(C)OC(=O)CCCCCCCc1c(F)c(F)c(SOOO)c(F)c1F. The van der Waals surface area contributed by atoms with Crippen LogP contribution < -0.4 is 0 Å². The van der Waals surface area contributed by atoms with Gasteiger partial charge < -0.3 is 4.74 Å². The Labute approximate surface area is 165 Å². The molecule has 160 valence electrons. The summed E-state index contributed by atoms with van der Waals surface area (Å²) in [6, 6.07) is 0. The lowest BCUT2D eigenvalue weighted by molar-refractivity contribution is -0.432. The second-order valence-electron chi connectivity index (χ2n) is 7.14. The van der Waals surface area contributed by atoms with Gasteiger partial charge in [-0.2, -0.15) is 0 Å². The van der Waals surface area contributed by atoms with Crippen LogP contribution in [0.3, 0.4) is 0 Å². The zero-order chi connectivity index (χ0) is 21.3. The maximum atomic E-state index is 14.0. The fraction of sp³-hybridized carbons (Fsp3) is 0.611. The van der Waals surface area contributed by atoms with Crippen LogP contribution in [-0.2, 0) is 25.3 Å². The van der Waals surface area contributed by atoms with Crippen LogP contribution in [0, 0.1) is 23.3 Å². The van der Waals surface area contributed by atoms with E-state index < -0.39 is 39.3 Å². The van der Waals surface area contributed by atoms with Crippen molar-refractivity contribution in [2.24, 2.45) is 0 Å². The van der Waals surface area contributed by atoms with Crippen molar-refractivity contribution < 1.29 is 41.7 Å². The highest BCUT2D eigenvalue weighted by atomic mass is 32.2. The first-order valence-corrected chi connectivity index (χ1v) is 9.54. The van der Waals surface area contributed by atoms with Crippen LogP contribution >= 0.6 is 12.0 Å². The first kappa shape index (κ1) is 24.7. The van der Waals surface area contributed by atoms with Gasteiger partial charge in [0.2, 0.25) is 0 Å². The molecule has 0 bridgehead atoms. The molecule has 5 nitrogen and oxygen atoms in total. The Morgan fingerprint density at radius 3 is 2.00 bits per heavy atom. The number of unbranched alkanes of at least 4 members (excludes halogenated alkanes) is 4.